The number of nitro groups is 1. The lowest BCUT2D eigenvalue weighted by Gasteiger charge is -2.29. The topological polar surface area (TPSA) is 110 Å². The van der Waals surface area contributed by atoms with Gasteiger partial charge < -0.3 is 14.9 Å². The molecule has 0 spiro atoms. The second kappa shape index (κ2) is 6.62. The first-order valence-corrected chi connectivity index (χ1v) is 7.08. The van der Waals surface area contributed by atoms with Crippen molar-refractivity contribution in [3.05, 3.63) is 63.4 Å². The third kappa shape index (κ3) is 3.24. The molecule has 0 aromatic heterocycles. The Morgan fingerprint density at radius 1 is 1.43 bits per heavy atom. The van der Waals surface area contributed by atoms with Crippen LogP contribution in [0.15, 0.2) is 47.7 Å². The number of benzene rings is 1. The van der Waals surface area contributed by atoms with Crippen LogP contribution in [0.1, 0.15) is 24.8 Å². The first-order valence-electron chi connectivity index (χ1n) is 7.08. The lowest BCUT2D eigenvalue weighted by atomic mass is 9.78. The molecule has 0 amide bonds. The number of nitrogens with zero attached hydrogens (tertiary/aromatic N) is 1. The van der Waals surface area contributed by atoms with Crippen LogP contribution in [-0.2, 0) is 9.53 Å². The monoisotopic (exact) mass is 319 g/mol. The maximum Gasteiger partial charge on any atom is 0.338 e. The quantitative estimate of drug-likeness (QED) is 0.501. The van der Waals surface area contributed by atoms with Crippen molar-refractivity contribution in [2.45, 2.75) is 25.4 Å². The zero-order chi connectivity index (χ0) is 17.1. The highest BCUT2D eigenvalue weighted by atomic mass is 16.6. The van der Waals surface area contributed by atoms with Crippen LogP contribution in [0.3, 0.4) is 0 Å². The molecule has 7 nitrogen and oxygen atoms in total. The average molecular weight is 319 g/mol. The first kappa shape index (κ1) is 16.7. The number of aliphatic hydroxyl groups excluding tert-OH is 2. The number of nitro benzene ring substituents is 1. The number of rotatable bonds is 4. The Hall–Kier alpha value is -2.67. The standard InChI is InChI=1S/C16H17NO6/c1-3-23-16(20)14-12(8-13(18)9(2)15(14)19)10-4-6-11(7-5-10)17(21)22/h4-7,12-13,18-19H,2-3,8H2,1H3/t12-,13+/m0/s1. The van der Waals surface area contributed by atoms with Gasteiger partial charge in [0.2, 0.25) is 0 Å². The predicted octanol–water partition coefficient (Wildman–Crippen LogP) is 2.37. The molecule has 0 aliphatic heterocycles. The molecule has 0 radical (unpaired) electrons. The van der Waals surface area contributed by atoms with Crippen molar-refractivity contribution in [3.8, 4) is 0 Å². The third-order valence-electron chi connectivity index (χ3n) is 3.77. The summed E-state index contributed by atoms with van der Waals surface area (Å²) >= 11 is 0. The first-order chi connectivity index (χ1) is 10.9. The van der Waals surface area contributed by atoms with Crippen LogP contribution in [0.4, 0.5) is 5.69 Å². The highest BCUT2D eigenvalue weighted by molar-refractivity contribution is 5.92. The van der Waals surface area contributed by atoms with E-state index in [1.165, 1.54) is 24.3 Å². The van der Waals surface area contributed by atoms with Gasteiger partial charge in [-0.3, -0.25) is 10.1 Å². The second-order valence-electron chi connectivity index (χ2n) is 5.16. The van der Waals surface area contributed by atoms with Crippen molar-refractivity contribution < 1.29 is 24.7 Å². The van der Waals surface area contributed by atoms with Gasteiger partial charge in [-0.2, -0.15) is 0 Å². The molecule has 0 bridgehead atoms. The van der Waals surface area contributed by atoms with Gasteiger partial charge in [0.15, 0.2) is 0 Å². The molecule has 1 aromatic carbocycles. The third-order valence-corrected chi connectivity index (χ3v) is 3.77. The summed E-state index contributed by atoms with van der Waals surface area (Å²) in [5, 5.41) is 30.9. The van der Waals surface area contributed by atoms with Gasteiger partial charge in [-0.25, -0.2) is 4.79 Å². The van der Waals surface area contributed by atoms with Crippen molar-refractivity contribution in [3.63, 3.8) is 0 Å². The molecule has 2 rings (SSSR count). The summed E-state index contributed by atoms with van der Waals surface area (Å²) in [7, 11) is 0. The molecular formula is C16H17NO6. The van der Waals surface area contributed by atoms with E-state index in [0.717, 1.165) is 0 Å². The molecule has 23 heavy (non-hydrogen) atoms. The van der Waals surface area contributed by atoms with Crippen LogP contribution in [0.5, 0.6) is 0 Å². The van der Waals surface area contributed by atoms with Crippen LogP contribution in [-0.4, -0.2) is 33.8 Å². The fourth-order valence-electron chi connectivity index (χ4n) is 2.56. The predicted molar refractivity (Wildman–Crippen MR) is 81.9 cm³/mol. The van der Waals surface area contributed by atoms with E-state index in [0.29, 0.717) is 5.56 Å². The van der Waals surface area contributed by atoms with Gasteiger partial charge in [-0.05, 0) is 18.9 Å². The zero-order valence-corrected chi connectivity index (χ0v) is 12.6. The maximum absolute atomic E-state index is 12.1. The average Bonchev–Trinajstić information content (AvgIpc) is 2.52. The molecule has 2 atom stereocenters. The molecule has 0 saturated carbocycles. The largest absolute Gasteiger partial charge is 0.507 e. The van der Waals surface area contributed by atoms with E-state index in [4.69, 9.17) is 4.74 Å². The van der Waals surface area contributed by atoms with Gasteiger partial charge >= 0.3 is 5.97 Å². The summed E-state index contributed by atoms with van der Waals surface area (Å²) in [6.07, 6.45) is -0.872. The van der Waals surface area contributed by atoms with Gasteiger partial charge in [-0.1, -0.05) is 18.7 Å². The number of ether oxygens (including phenoxy) is 1. The van der Waals surface area contributed by atoms with Gasteiger partial charge in [0.25, 0.3) is 5.69 Å². The van der Waals surface area contributed by atoms with Gasteiger partial charge in [0, 0.05) is 23.6 Å². The smallest absolute Gasteiger partial charge is 0.338 e. The van der Waals surface area contributed by atoms with E-state index < -0.39 is 22.9 Å². The summed E-state index contributed by atoms with van der Waals surface area (Å²) < 4.78 is 4.96. The number of non-ortho nitro benzene ring substituents is 1. The van der Waals surface area contributed by atoms with E-state index in [1.54, 1.807) is 6.92 Å². The van der Waals surface area contributed by atoms with E-state index in [2.05, 4.69) is 6.58 Å². The second-order valence-corrected chi connectivity index (χ2v) is 5.16. The molecular weight excluding hydrogens is 302 g/mol. The Labute approximate surface area is 132 Å². The van der Waals surface area contributed by atoms with Gasteiger partial charge in [-0.15, -0.1) is 0 Å². The molecule has 0 saturated heterocycles. The van der Waals surface area contributed by atoms with Crippen LogP contribution in [0.2, 0.25) is 0 Å². The fourth-order valence-corrected chi connectivity index (χ4v) is 2.56. The minimum absolute atomic E-state index is 0.0102. The van der Waals surface area contributed by atoms with E-state index >= 15 is 0 Å². The number of hydrogen-bond donors (Lipinski definition) is 2. The summed E-state index contributed by atoms with van der Waals surface area (Å²) in [5.74, 6) is -1.71. The maximum atomic E-state index is 12.1. The number of carbonyl (C=O) groups is 1. The minimum Gasteiger partial charge on any atom is -0.507 e. The Kier molecular flexibility index (Phi) is 4.80. The van der Waals surface area contributed by atoms with Crippen molar-refractivity contribution in [1.82, 2.24) is 0 Å². The van der Waals surface area contributed by atoms with Crippen molar-refractivity contribution in [2.75, 3.05) is 6.61 Å². The van der Waals surface area contributed by atoms with Crippen LogP contribution in [0.25, 0.3) is 0 Å². The molecule has 0 fully saturated rings. The highest BCUT2D eigenvalue weighted by Crippen LogP contribution is 2.39. The highest BCUT2D eigenvalue weighted by Gasteiger charge is 2.36. The summed E-state index contributed by atoms with van der Waals surface area (Å²) in [5.41, 5.74) is 0.555. The van der Waals surface area contributed by atoms with E-state index in [-0.39, 0.29) is 35.6 Å². The van der Waals surface area contributed by atoms with E-state index in [9.17, 15) is 25.1 Å². The van der Waals surface area contributed by atoms with Crippen molar-refractivity contribution in [2.24, 2.45) is 0 Å². The molecule has 1 aliphatic carbocycles. The molecule has 122 valence electrons. The SMILES string of the molecule is C=C1C(O)=C(C(=O)OCC)[C@H](c2ccc([N+](=O)[O-])cc2)C[C@H]1O. The molecule has 2 N–H and O–H groups in total. The Balaban J connectivity index is 2.46. The van der Waals surface area contributed by atoms with Crippen LogP contribution in [0, 0.1) is 10.1 Å². The zero-order valence-electron chi connectivity index (χ0n) is 12.6. The lowest BCUT2D eigenvalue weighted by Crippen LogP contribution is -2.28. The van der Waals surface area contributed by atoms with Crippen LogP contribution >= 0.6 is 0 Å². The number of carbonyl (C=O) groups excluding carboxylic acids is 1. The summed E-state index contributed by atoms with van der Waals surface area (Å²) in [4.78, 5) is 22.3. The van der Waals surface area contributed by atoms with Gasteiger partial charge in [0.05, 0.1) is 23.2 Å². The summed E-state index contributed by atoms with van der Waals surface area (Å²) in [6, 6.07) is 5.61. The minimum atomic E-state index is -1.01. The Morgan fingerprint density at radius 2 is 2.04 bits per heavy atom. The molecule has 0 unspecified atom stereocenters. The van der Waals surface area contributed by atoms with E-state index in [1.807, 2.05) is 0 Å². The Bertz CT molecular complexity index is 676. The Morgan fingerprint density at radius 3 is 2.57 bits per heavy atom. The number of aliphatic hydroxyl groups is 2. The summed E-state index contributed by atoms with van der Waals surface area (Å²) in [6.45, 7) is 5.36. The van der Waals surface area contributed by atoms with Gasteiger partial charge in [0.1, 0.15) is 5.76 Å². The molecule has 1 aliphatic rings. The molecule has 1 aromatic rings. The van der Waals surface area contributed by atoms with Crippen molar-refractivity contribution >= 4 is 11.7 Å². The fraction of sp³-hybridized carbons (Fsp3) is 0.312. The normalized spacial score (nSPS) is 21.2. The van der Waals surface area contributed by atoms with Crippen molar-refractivity contribution in [1.29, 1.82) is 0 Å². The van der Waals surface area contributed by atoms with Crippen LogP contribution < -0.4 is 0 Å². The lowest BCUT2D eigenvalue weighted by molar-refractivity contribution is -0.384. The molecule has 0 heterocycles. The number of esters is 1. The molecule has 7 heteroatoms. The number of hydrogen-bond acceptors (Lipinski definition) is 6.